The van der Waals surface area contributed by atoms with Gasteiger partial charge in [0.25, 0.3) is 0 Å². The first kappa shape index (κ1) is 31.1. The van der Waals surface area contributed by atoms with Crippen molar-refractivity contribution in [1.82, 2.24) is 10.6 Å². The minimum atomic E-state index is -0.562. The molecule has 9 nitrogen and oxygen atoms in total. The van der Waals surface area contributed by atoms with Crippen LogP contribution in [0.5, 0.6) is 17.2 Å². The number of thioether (sulfide) groups is 1. The van der Waals surface area contributed by atoms with Crippen LogP contribution in [0.3, 0.4) is 0 Å². The molecule has 0 aromatic heterocycles. The lowest BCUT2D eigenvalue weighted by molar-refractivity contribution is -0.120. The number of methoxy groups -OCH3 is 3. The molecule has 1 atom stereocenters. The van der Waals surface area contributed by atoms with E-state index in [-0.39, 0.29) is 24.2 Å². The molecule has 1 aliphatic rings. The maximum Gasteiger partial charge on any atom is 0.407 e. The molecule has 0 saturated carbocycles. The maximum absolute atomic E-state index is 12.6. The molecule has 0 heterocycles. The van der Waals surface area contributed by atoms with Gasteiger partial charge in [-0.15, -0.1) is 11.8 Å². The van der Waals surface area contributed by atoms with Crippen molar-refractivity contribution in [1.29, 1.82) is 0 Å². The predicted molar refractivity (Wildman–Crippen MR) is 151 cm³/mol. The van der Waals surface area contributed by atoms with Gasteiger partial charge in [-0.1, -0.05) is 6.08 Å². The Morgan fingerprint density at radius 1 is 1.16 bits per heavy atom. The van der Waals surface area contributed by atoms with Crippen molar-refractivity contribution in [3.8, 4) is 17.2 Å². The van der Waals surface area contributed by atoms with Crippen LogP contribution in [0.25, 0.3) is 6.08 Å². The molecule has 0 saturated heterocycles. The first-order valence-corrected chi connectivity index (χ1v) is 13.5. The van der Waals surface area contributed by atoms with Crippen LogP contribution in [0.4, 0.5) is 4.79 Å². The Bertz CT molecular complexity index is 1020. The highest BCUT2D eigenvalue weighted by molar-refractivity contribution is 8.02. The minimum absolute atomic E-state index is 0.0684. The fourth-order valence-electron chi connectivity index (χ4n) is 3.72. The SMILES string of the molecule is COc1cc(O)cc(OC)c1/C=C/SCC1=CCCC(OC)C(NC(=O)CCCNC(=O)OC(C)(C)C)=C1. The molecule has 2 amide bonds. The lowest BCUT2D eigenvalue weighted by Crippen LogP contribution is -2.34. The van der Waals surface area contributed by atoms with Crippen molar-refractivity contribution < 1.29 is 33.6 Å². The quantitative estimate of drug-likeness (QED) is 0.307. The highest BCUT2D eigenvalue weighted by Crippen LogP contribution is 2.35. The third-order valence-corrected chi connectivity index (χ3v) is 6.28. The monoisotopic (exact) mass is 548 g/mol. The number of phenolic OH excluding ortho intramolecular Hbond substituents is 1. The largest absolute Gasteiger partial charge is 0.508 e. The Balaban J connectivity index is 1.94. The van der Waals surface area contributed by atoms with Crippen LogP contribution in [-0.2, 0) is 14.3 Å². The van der Waals surface area contributed by atoms with Gasteiger partial charge in [-0.25, -0.2) is 4.79 Å². The average Bonchev–Trinajstić information content (AvgIpc) is 3.04. The van der Waals surface area contributed by atoms with E-state index in [1.54, 1.807) is 53.9 Å². The van der Waals surface area contributed by atoms with Gasteiger partial charge in [-0.3, -0.25) is 4.79 Å². The summed E-state index contributed by atoms with van der Waals surface area (Å²) in [5.41, 5.74) is 1.98. The van der Waals surface area contributed by atoms with E-state index in [0.29, 0.717) is 30.2 Å². The van der Waals surface area contributed by atoms with Gasteiger partial charge in [0.15, 0.2) is 0 Å². The second kappa shape index (κ2) is 15.3. The summed E-state index contributed by atoms with van der Waals surface area (Å²) in [5, 5.41) is 17.4. The van der Waals surface area contributed by atoms with Gasteiger partial charge in [-0.2, -0.15) is 0 Å². The molecule has 38 heavy (non-hydrogen) atoms. The Hall–Kier alpha value is -3.11. The number of rotatable bonds is 12. The lowest BCUT2D eigenvalue weighted by atomic mass is 10.1. The van der Waals surface area contributed by atoms with E-state index in [4.69, 9.17) is 18.9 Å². The molecule has 2 rings (SSSR count). The number of allylic oxidation sites excluding steroid dienone is 2. The van der Waals surface area contributed by atoms with E-state index in [1.807, 2.05) is 17.6 Å². The van der Waals surface area contributed by atoms with Crippen LogP contribution in [0.15, 0.2) is 41.0 Å². The fraction of sp³-hybridized carbons (Fsp3) is 0.500. The van der Waals surface area contributed by atoms with Crippen LogP contribution >= 0.6 is 11.8 Å². The summed E-state index contributed by atoms with van der Waals surface area (Å²) in [5.74, 6) is 1.65. The second-order valence-electron chi connectivity index (χ2n) is 9.64. The van der Waals surface area contributed by atoms with Gasteiger partial charge in [0.2, 0.25) is 5.91 Å². The maximum atomic E-state index is 12.6. The van der Waals surface area contributed by atoms with Crippen LogP contribution < -0.4 is 20.1 Å². The summed E-state index contributed by atoms with van der Waals surface area (Å²) in [6.07, 6.45) is 7.64. The summed E-state index contributed by atoms with van der Waals surface area (Å²) in [6.45, 7) is 5.75. The van der Waals surface area contributed by atoms with Gasteiger partial charge in [0, 0.05) is 43.7 Å². The zero-order valence-electron chi connectivity index (χ0n) is 23.1. The standard InChI is InChI=1S/C28H40N2O7S/c1-28(2,3)37-27(33)29-13-8-11-26(32)30-22-15-19(9-7-10-23(22)34-4)18-38-14-12-21-24(35-5)16-20(31)17-25(21)36-6/h9,12,14-17,23,31H,7-8,10-11,13,18H2,1-6H3,(H,29,33)(H,30,32)/b14-12+. The third kappa shape index (κ3) is 10.7. The van der Waals surface area contributed by atoms with Gasteiger partial charge >= 0.3 is 6.09 Å². The molecular weight excluding hydrogens is 508 g/mol. The summed E-state index contributed by atoms with van der Waals surface area (Å²) < 4.78 is 21.6. The van der Waals surface area contributed by atoms with Crippen LogP contribution in [-0.4, -0.2) is 62.4 Å². The predicted octanol–water partition coefficient (Wildman–Crippen LogP) is 5.15. The number of amides is 2. The highest BCUT2D eigenvalue weighted by Gasteiger charge is 2.19. The molecule has 1 aliphatic carbocycles. The average molecular weight is 549 g/mol. The zero-order valence-corrected chi connectivity index (χ0v) is 23.9. The Morgan fingerprint density at radius 3 is 2.45 bits per heavy atom. The number of phenols is 1. The number of alkyl carbamates (subject to hydrolysis) is 1. The number of carbonyl (C=O) groups excluding carboxylic acids is 2. The van der Waals surface area contributed by atoms with Crippen molar-refractivity contribution in [2.75, 3.05) is 33.6 Å². The van der Waals surface area contributed by atoms with Crippen molar-refractivity contribution in [3.05, 3.63) is 46.5 Å². The van der Waals surface area contributed by atoms with E-state index >= 15 is 0 Å². The number of carbonyl (C=O) groups is 2. The second-order valence-corrected chi connectivity index (χ2v) is 10.5. The van der Waals surface area contributed by atoms with E-state index in [9.17, 15) is 14.7 Å². The first-order chi connectivity index (χ1) is 18.1. The Morgan fingerprint density at radius 2 is 1.84 bits per heavy atom. The van der Waals surface area contributed by atoms with Gasteiger partial charge in [0.1, 0.15) is 22.8 Å². The lowest BCUT2D eigenvalue weighted by Gasteiger charge is -2.20. The van der Waals surface area contributed by atoms with Gasteiger partial charge in [-0.05, 0) is 63.2 Å². The number of nitrogens with one attached hydrogen (secondary N) is 2. The van der Waals surface area contributed by atoms with Crippen LogP contribution in [0.2, 0.25) is 0 Å². The zero-order chi connectivity index (χ0) is 28.1. The van der Waals surface area contributed by atoms with E-state index in [2.05, 4.69) is 16.7 Å². The number of ether oxygens (including phenoxy) is 4. The van der Waals surface area contributed by atoms with E-state index in [0.717, 1.165) is 29.7 Å². The summed E-state index contributed by atoms with van der Waals surface area (Å²) >= 11 is 1.59. The highest BCUT2D eigenvalue weighted by atomic mass is 32.2. The minimum Gasteiger partial charge on any atom is -0.508 e. The number of benzene rings is 1. The molecule has 210 valence electrons. The smallest absolute Gasteiger partial charge is 0.407 e. The number of hydrogen-bond donors (Lipinski definition) is 3. The van der Waals surface area contributed by atoms with Crippen molar-refractivity contribution in [2.45, 2.75) is 58.2 Å². The number of hydrogen-bond acceptors (Lipinski definition) is 8. The van der Waals surface area contributed by atoms with Crippen molar-refractivity contribution >= 4 is 29.8 Å². The van der Waals surface area contributed by atoms with Crippen LogP contribution in [0.1, 0.15) is 52.0 Å². The van der Waals surface area contributed by atoms with Gasteiger partial charge in [0.05, 0.1) is 25.9 Å². The first-order valence-electron chi connectivity index (χ1n) is 12.5. The van der Waals surface area contributed by atoms with Crippen LogP contribution in [0, 0.1) is 0 Å². The Labute approximate surface area is 229 Å². The molecule has 0 fully saturated rings. The molecule has 1 unspecified atom stereocenters. The Kier molecular flexibility index (Phi) is 12.6. The normalized spacial score (nSPS) is 15.8. The number of aromatic hydroxyl groups is 1. The molecule has 1 aromatic rings. The third-order valence-electron chi connectivity index (χ3n) is 5.45. The molecule has 10 heteroatoms. The fourth-order valence-corrected chi connectivity index (χ4v) is 4.44. The van der Waals surface area contributed by atoms with Gasteiger partial charge < -0.3 is 34.7 Å². The molecule has 0 spiro atoms. The molecule has 3 N–H and O–H groups in total. The van der Waals surface area contributed by atoms with Crippen molar-refractivity contribution in [3.63, 3.8) is 0 Å². The molecule has 0 aliphatic heterocycles. The summed E-state index contributed by atoms with van der Waals surface area (Å²) in [6, 6.07) is 3.08. The molecular formula is C28H40N2O7S. The summed E-state index contributed by atoms with van der Waals surface area (Å²) in [7, 11) is 4.72. The topological polar surface area (TPSA) is 115 Å². The van der Waals surface area contributed by atoms with E-state index in [1.165, 1.54) is 12.1 Å². The molecule has 0 radical (unpaired) electrons. The summed E-state index contributed by atoms with van der Waals surface area (Å²) in [4.78, 5) is 24.3. The molecule has 0 bridgehead atoms. The molecule has 1 aromatic carbocycles. The van der Waals surface area contributed by atoms with Crippen molar-refractivity contribution in [2.24, 2.45) is 0 Å². The van der Waals surface area contributed by atoms with E-state index < -0.39 is 11.7 Å².